The highest BCUT2D eigenvalue weighted by atomic mass is 32.2. The summed E-state index contributed by atoms with van der Waals surface area (Å²) >= 11 is 6.61. The highest BCUT2D eigenvalue weighted by molar-refractivity contribution is 7.99. The van der Waals surface area contributed by atoms with Crippen molar-refractivity contribution in [2.75, 3.05) is 25.6 Å². The zero-order chi connectivity index (χ0) is 17.5. The quantitative estimate of drug-likeness (QED) is 0.441. The molecule has 0 bridgehead atoms. The van der Waals surface area contributed by atoms with E-state index in [1.807, 2.05) is 0 Å². The molecule has 2 N–H and O–H groups in total. The lowest BCUT2D eigenvalue weighted by atomic mass is 10.2. The molecule has 8 nitrogen and oxygen atoms in total. The van der Waals surface area contributed by atoms with Gasteiger partial charge in [0.05, 0.1) is 13.2 Å². The van der Waals surface area contributed by atoms with Gasteiger partial charge in [-0.15, -0.1) is 0 Å². The highest BCUT2D eigenvalue weighted by Gasteiger charge is 2.16. The molecule has 1 fully saturated rings. The number of nitrogens with zero attached hydrogens (tertiary/aromatic N) is 4. The lowest BCUT2D eigenvalue weighted by Gasteiger charge is -2.14. The summed E-state index contributed by atoms with van der Waals surface area (Å²) in [5.41, 5.74) is 0. The SMILES string of the molecule is COc1cc(Sc2ncccn2)nc(NC(=S)NC[C@@H]2CCCO2)n1. The summed E-state index contributed by atoms with van der Waals surface area (Å²) in [7, 11) is 1.55. The predicted molar refractivity (Wildman–Crippen MR) is 97.9 cm³/mol. The monoisotopic (exact) mass is 378 g/mol. The summed E-state index contributed by atoms with van der Waals surface area (Å²) in [6.07, 6.45) is 5.69. The summed E-state index contributed by atoms with van der Waals surface area (Å²) in [4.78, 5) is 17.0. The van der Waals surface area contributed by atoms with E-state index in [-0.39, 0.29) is 6.10 Å². The molecule has 3 rings (SSSR count). The largest absolute Gasteiger partial charge is 0.481 e. The third kappa shape index (κ3) is 5.48. The number of methoxy groups -OCH3 is 1. The van der Waals surface area contributed by atoms with Crippen LogP contribution in [0.1, 0.15) is 12.8 Å². The van der Waals surface area contributed by atoms with E-state index in [1.54, 1.807) is 31.6 Å². The van der Waals surface area contributed by atoms with Crippen LogP contribution in [-0.4, -0.2) is 51.4 Å². The van der Waals surface area contributed by atoms with Crippen LogP contribution >= 0.6 is 24.0 Å². The molecule has 132 valence electrons. The van der Waals surface area contributed by atoms with Gasteiger partial charge in [0.25, 0.3) is 0 Å². The van der Waals surface area contributed by atoms with E-state index in [4.69, 9.17) is 21.7 Å². The van der Waals surface area contributed by atoms with Gasteiger partial charge in [-0.3, -0.25) is 0 Å². The maximum absolute atomic E-state index is 5.56. The minimum atomic E-state index is 0.201. The summed E-state index contributed by atoms with van der Waals surface area (Å²) < 4.78 is 10.8. The smallest absolute Gasteiger partial charge is 0.233 e. The van der Waals surface area contributed by atoms with E-state index in [2.05, 4.69) is 30.6 Å². The van der Waals surface area contributed by atoms with Crippen molar-refractivity contribution in [3.8, 4) is 5.88 Å². The van der Waals surface area contributed by atoms with E-state index >= 15 is 0 Å². The third-order valence-corrected chi connectivity index (χ3v) is 4.42. The number of nitrogens with one attached hydrogen (secondary N) is 2. The van der Waals surface area contributed by atoms with Crippen molar-refractivity contribution in [3.05, 3.63) is 24.5 Å². The van der Waals surface area contributed by atoms with Crippen molar-refractivity contribution in [3.63, 3.8) is 0 Å². The Hall–Kier alpha value is -2.04. The molecular weight excluding hydrogens is 360 g/mol. The molecule has 1 aliphatic rings. The normalized spacial score (nSPS) is 16.4. The first kappa shape index (κ1) is 17.8. The van der Waals surface area contributed by atoms with Gasteiger partial charge in [-0.25, -0.2) is 15.0 Å². The van der Waals surface area contributed by atoms with Gasteiger partial charge >= 0.3 is 0 Å². The number of hydrogen-bond acceptors (Lipinski definition) is 8. The molecule has 0 unspecified atom stereocenters. The van der Waals surface area contributed by atoms with Crippen LogP contribution in [0.25, 0.3) is 0 Å². The molecule has 0 spiro atoms. The van der Waals surface area contributed by atoms with Crippen LogP contribution in [0, 0.1) is 0 Å². The van der Waals surface area contributed by atoms with Crippen LogP contribution in [-0.2, 0) is 4.74 Å². The second-order valence-electron chi connectivity index (χ2n) is 5.18. The van der Waals surface area contributed by atoms with E-state index in [0.29, 0.717) is 33.7 Å². The molecule has 1 saturated heterocycles. The number of rotatable bonds is 6. The summed E-state index contributed by atoms with van der Waals surface area (Å²) in [5, 5.41) is 7.78. The molecule has 3 heterocycles. The van der Waals surface area contributed by atoms with E-state index in [9.17, 15) is 0 Å². The molecule has 1 atom stereocenters. The Bertz CT molecular complexity index is 712. The maximum Gasteiger partial charge on any atom is 0.233 e. The lowest BCUT2D eigenvalue weighted by Crippen LogP contribution is -2.35. The van der Waals surface area contributed by atoms with Crippen LogP contribution in [0.5, 0.6) is 5.88 Å². The van der Waals surface area contributed by atoms with Crippen LogP contribution in [0.2, 0.25) is 0 Å². The zero-order valence-electron chi connectivity index (χ0n) is 13.6. The first-order valence-corrected chi connectivity index (χ1v) is 9.00. The van der Waals surface area contributed by atoms with Crippen LogP contribution in [0.4, 0.5) is 5.95 Å². The van der Waals surface area contributed by atoms with Gasteiger partial charge in [-0.1, -0.05) is 0 Å². The van der Waals surface area contributed by atoms with E-state index < -0.39 is 0 Å². The van der Waals surface area contributed by atoms with Gasteiger partial charge in [-0.05, 0) is 42.9 Å². The van der Waals surface area contributed by atoms with Gasteiger partial charge in [0.15, 0.2) is 10.3 Å². The van der Waals surface area contributed by atoms with Crippen molar-refractivity contribution < 1.29 is 9.47 Å². The Morgan fingerprint density at radius 2 is 2.24 bits per heavy atom. The number of ether oxygens (including phenoxy) is 2. The minimum Gasteiger partial charge on any atom is -0.481 e. The molecule has 10 heteroatoms. The molecule has 0 amide bonds. The van der Waals surface area contributed by atoms with Crippen molar-refractivity contribution in [1.82, 2.24) is 25.3 Å². The fourth-order valence-electron chi connectivity index (χ4n) is 2.21. The Labute approximate surface area is 155 Å². The minimum absolute atomic E-state index is 0.201. The summed E-state index contributed by atoms with van der Waals surface area (Å²) in [5.74, 6) is 0.778. The topological polar surface area (TPSA) is 94.1 Å². The van der Waals surface area contributed by atoms with Crippen molar-refractivity contribution >= 4 is 35.0 Å². The summed E-state index contributed by atoms with van der Waals surface area (Å²) in [6.45, 7) is 1.48. The third-order valence-electron chi connectivity index (χ3n) is 3.37. The van der Waals surface area contributed by atoms with Crippen LogP contribution < -0.4 is 15.4 Å². The van der Waals surface area contributed by atoms with Crippen LogP contribution in [0.3, 0.4) is 0 Å². The maximum atomic E-state index is 5.56. The second-order valence-corrected chi connectivity index (χ2v) is 6.57. The van der Waals surface area contributed by atoms with Gasteiger partial charge in [0.2, 0.25) is 11.8 Å². The van der Waals surface area contributed by atoms with Crippen LogP contribution in [0.15, 0.2) is 34.7 Å². The average Bonchev–Trinajstić information content (AvgIpc) is 3.14. The van der Waals surface area contributed by atoms with Crippen molar-refractivity contribution in [2.45, 2.75) is 29.1 Å². The number of thiocarbonyl (C=S) groups is 1. The summed E-state index contributed by atoms with van der Waals surface area (Å²) in [6, 6.07) is 3.48. The average molecular weight is 378 g/mol. The van der Waals surface area contributed by atoms with Gasteiger partial charge in [-0.2, -0.15) is 4.98 Å². The zero-order valence-corrected chi connectivity index (χ0v) is 15.3. The lowest BCUT2D eigenvalue weighted by molar-refractivity contribution is 0.114. The molecule has 25 heavy (non-hydrogen) atoms. The molecule has 0 aromatic carbocycles. The predicted octanol–water partition coefficient (Wildman–Crippen LogP) is 1.89. The van der Waals surface area contributed by atoms with Gasteiger partial charge < -0.3 is 20.1 Å². The molecule has 2 aromatic rings. The first-order valence-electron chi connectivity index (χ1n) is 7.77. The molecule has 0 saturated carbocycles. The molecular formula is C15H18N6O2S2. The number of aromatic nitrogens is 4. The van der Waals surface area contributed by atoms with E-state index in [1.165, 1.54) is 11.8 Å². The molecule has 0 radical (unpaired) electrons. The Kier molecular flexibility index (Phi) is 6.31. The van der Waals surface area contributed by atoms with Crippen molar-refractivity contribution in [2.24, 2.45) is 0 Å². The molecule has 1 aliphatic heterocycles. The Balaban J connectivity index is 1.63. The van der Waals surface area contributed by atoms with E-state index in [0.717, 1.165) is 19.4 Å². The van der Waals surface area contributed by atoms with Gasteiger partial charge in [0, 0.05) is 31.6 Å². The highest BCUT2D eigenvalue weighted by Crippen LogP contribution is 2.25. The van der Waals surface area contributed by atoms with Gasteiger partial charge in [0.1, 0.15) is 5.03 Å². The molecule has 2 aromatic heterocycles. The number of anilines is 1. The first-order chi connectivity index (χ1) is 12.2. The molecule has 0 aliphatic carbocycles. The Morgan fingerprint density at radius 1 is 1.40 bits per heavy atom. The standard InChI is InChI=1S/C15H18N6O2S2/c1-22-11-8-12(25-15-16-5-3-6-17-15)20-13(19-11)21-14(24)18-9-10-4-2-7-23-10/h3,5-6,8,10H,2,4,7,9H2,1H3,(H2,18,19,20,21,24)/t10-/m0/s1. The number of hydrogen-bond donors (Lipinski definition) is 2. The fourth-order valence-corrected chi connectivity index (χ4v) is 3.09. The Morgan fingerprint density at radius 3 is 2.96 bits per heavy atom. The van der Waals surface area contributed by atoms with Crippen molar-refractivity contribution in [1.29, 1.82) is 0 Å². The second kappa shape index (κ2) is 8.88. The fraction of sp³-hybridized carbons (Fsp3) is 0.400.